The van der Waals surface area contributed by atoms with Gasteiger partial charge in [0.15, 0.2) is 5.82 Å². The number of benzene rings is 2. The summed E-state index contributed by atoms with van der Waals surface area (Å²) >= 11 is 0. The van der Waals surface area contributed by atoms with E-state index in [0.29, 0.717) is 41.7 Å². The zero-order chi connectivity index (χ0) is 21.6. The normalized spacial score (nSPS) is 13.5. The second-order valence-electron chi connectivity index (χ2n) is 6.98. The van der Waals surface area contributed by atoms with Crippen LogP contribution in [0.3, 0.4) is 0 Å². The van der Waals surface area contributed by atoms with Crippen molar-refractivity contribution >= 4 is 17.4 Å². The molecule has 8 nitrogen and oxygen atoms in total. The van der Waals surface area contributed by atoms with Crippen LogP contribution in [0.4, 0.5) is 11.5 Å². The van der Waals surface area contributed by atoms with Gasteiger partial charge in [0.1, 0.15) is 11.5 Å². The van der Waals surface area contributed by atoms with Gasteiger partial charge in [-0.25, -0.2) is 0 Å². The van der Waals surface area contributed by atoms with Crippen molar-refractivity contribution in [1.82, 2.24) is 10.2 Å². The lowest BCUT2D eigenvalue weighted by molar-refractivity contribution is 0.102. The molecule has 1 aromatic heterocycles. The molecule has 1 amide bonds. The van der Waals surface area contributed by atoms with E-state index in [9.17, 15) is 4.79 Å². The highest BCUT2D eigenvalue weighted by molar-refractivity contribution is 6.05. The van der Waals surface area contributed by atoms with E-state index in [4.69, 9.17) is 14.2 Å². The van der Waals surface area contributed by atoms with Crippen LogP contribution in [-0.4, -0.2) is 56.6 Å². The molecule has 0 bridgehead atoms. The highest BCUT2D eigenvalue weighted by Gasteiger charge is 2.14. The Morgan fingerprint density at radius 1 is 1.00 bits per heavy atom. The number of rotatable bonds is 6. The van der Waals surface area contributed by atoms with Gasteiger partial charge in [-0.2, -0.15) is 0 Å². The van der Waals surface area contributed by atoms with Crippen LogP contribution in [-0.2, 0) is 4.74 Å². The van der Waals surface area contributed by atoms with Gasteiger partial charge in [0.25, 0.3) is 5.91 Å². The Morgan fingerprint density at radius 2 is 1.84 bits per heavy atom. The molecule has 0 saturated carbocycles. The number of carbonyl (C=O) groups excluding carboxylic acids is 1. The van der Waals surface area contributed by atoms with E-state index in [1.807, 2.05) is 24.3 Å². The smallest absolute Gasteiger partial charge is 0.255 e. The van der Waals surface area contributed by atoms with Gasteiger partial charge in [-0.05, 0) is 36.4 Å². The molecule has 0 unspecified atom stereocenters. The number of morpholine rings is 1. The van der Waals surface area contributed by atoms with Gasteiger partial charge in [-0.3, -0.25) is 4.79 Å². The van der Waals surface area contributed by atoms with Crippen LogP contribution < -0.4 is 19.7 Å². The highest BCUT2D eigenvalue weighted by atomic mass is 16.5. The van der Waals surface area contributed by atoms with Crippen molar-refractivity contribution in [3.05, 3.63) is 60.2 Å². The summed E-state index contributed by atoms with van der Waals surface area (Å²) in [4.78, 5) is 15.0. The summed E-state index contributed by atoms with van der Waals surface area (Å²) in [5, 5.41) is 11.6. The average molecular weight is 420 g/mol. The monoisotopic (exact) mass is 420 g/mol. The minimum Gasteiger partial charge on any atom is -0.497 e. The fourth-order valence-electron chi connectivity index (χ4n) is 3.36. The zero-order valence-corrected chi connectivity index (χ0v) is 17.5. The maximum Gasteiger partial charge on any atom is 0.255 e. The molecule has 160 valence electrons. The van der Waals surface area contributed by atoms with Gasteiger partial charge in [0.2, 0.25) is 0 Å². The Bertz CT molecular complexity index is 1050. The minimum absolute atomic E-state index is 0.247. The number of anilines is 2. The number of nitrogens with zero attached hydrogens (tertiary/aromatic N) is 3. The molecule has 1 aliphatic heterocycles. The topological polar surface area (TPSA) is 85.8 Å². The first-order valence-electron chi connectivity index (χ1n) is 9.98. The predicted molar refractivity (Wildman–Crippen MR) is 118 cm³/mol. The molecule has 1 fully saturated rings. The number of ether oxygens (including phenoxy) is 3. The molecule has 0 aliphatic carbocycles. The molecule has 1 saturated heterocycles. The van der Waals surface area contributed by atoms with Gasteiger partial charge >= 0.3 is 0 Å². The van der Waals surface area contributed by atoms with Crippen molar-refractivity contribution in [3.8, 4) is 22.8 Å². The molecular weight excluding hydrogens is 396 g/mol. The largest absolute Gasteiger partial charge is 0.497 e. The first kappa shape index (κ1) is 20.6. The SMILES string of the molecule is COc1ccc(NC(=O)c2cccc(-c3ccc(N4CCOCC4)nn3)c2)c(OC)c1. The average Bonchev–Trinajstić information content (AvgIpc) is 2.85. The number of hydrogen-bond donors (Lipinski definition) is 1. The molecule has 8 heteroatoms. The third-order valence-corrected chi connectivity index (χ3v) is 5.06. The summed E-state index contributed by atoms with van der Waals surface area (Å²) in [5.74, 6) is 1.75. The standard InChI is InChI=1S/C23H24N4O4/c1-29-18-6-7-20(21(15-18)30-2)24-23(28)17-5-3-4-16(14-17)19-8-9-22(26-25-19)27-10-12-31-13-11-27/h3-9,14-15H,10-13H2,1-2H3,(H,24,28). The van der Waals surface area contributed by atoms with Gasteiger partial charge in [0, 0.05) is 30.3 Å². The predicted octanol–water partition coefficient (Wildman–Crippen LogP) is 3.25. The van der Waals surface area contributed by atoms with Crippen molar-refractivity contribution in [2.75, 3.05) is 50.7 Å². The van der Waals surface area contributed by atoms with Crippen molar-refractivity contribution in [3.63, 3.8) is 0 Å². The molecule has 1 N–H and O–H groups in total. The lowest BCUT2D eigenvalue weighted by atomic mass is 10.1. The van der Waals surface area contributed by atoms with Crippen LogP contribution in [0.1, 0.15) is 10.4 Å². The number of amides is 1. The first-order valence-corrected chi connectivity index (χ1v) is 9.98. The molecule has 3 aromatic rings. The zero-order valence-electron chi connectivity index (χ0n) is 17.5. The van der Waals surface area contributed by atoms with E-state index in [1.165, 1.54) is 0 Å². The van der Waals surface area contributed by atoms with Gasteiger partial charge < -0.3 is 24.4 Å². The summed E-state index contributed by atoms with van der Waals surface area (Å²) in [7, 11) is 3.12. The van der Waals surface area contributed by atoms with Crippen molar-refractivity contribution in [1.29, 1.82) is 0 Å². The summed E-state index contributed by atoms with van der Waals surface area (Å²) in [6, 6.07) is 16.4. The Labute approximate surface area is 180 Å². The van der Waals surface area contributed by atoms with Crippen LogP contribution in [0.2, 0.25) is 0 Å². The Kier molecular flexibility index (Phi) is 6.28. The Morgan fingerprint density at radius 3 is 2.55 bits per heavy atom. The second kappa shape index (κ2) is 9.44. The maximum absolute atomic E-state index is 12.8. The van der Waals surface area contributed by atoms with E-state index < -0.39 is 0 Å². The fraction of sp³-hybridized carbons (Fsp3) is 0.261. The summed E-state index contributed by atoms with van der Waals surface area (Å²) in [6.07, 6.45) is 0. The summed E-state index contributed by atoms with van der Waals surface area (Å²) in [6.45, 7) is 3.00. The Hall–Kier alpha value is -3.65. The fourth-order valence-corrected chi connectivity index (χ4v) is 3.36. The van der Waals surface area contributed by atoms with Gasteiger partial charge in [0.05, 0.1) is 38.8 Å². The van der Waals surface area contributed by atoms with Gasteiger partial charge in [-0.15, -0.1) is 10.2 Å². The van der Waals surface area contributed by atoms with E-state index in [0.717, 1.165) is 24.5 Å². The molecule has 2 heterocycles. The van der Waals surface area contributed by atoms with Crippen molar-refractivity contribution in [2.24, 2.45) is 0 Å². The van der Waals surface area contributed by atoms with Crippen molar-refractivity contribution < 1.29 is 19.0 Å². The number of hydrogen-bond acceptors (Lipinski definition) is 7. The molecule has 1 aliphatic rings. The molecule has 4 rings (SSSR count). The molecule has 0 atom stereocenters. The van der Waals surface area contributed by atoms with E-state index in [2.05, 4.69) is 20.4 Å². The van der Waals surface area contributed by atoms with E-state index in [-0.39, 0.29) is 5.91 Å². The maximum atomic E-state index is 12.8. The third-order valence-electron chi connectivity index (χ3n) is 5.06. The third kappa shape index (κ3) is 4.75. The van der Waals surface area contributed by atoms with Crippen LogP contribution in [0.15, 0.2) is 54.6 Å². The molecule has 2 aromatic carbocycles. The summed E-state index contributed by atoms with van der Waals surface area (Å²) < 4.78 is 15.9. The van der Waals surface area contributed by atoms with Gasteiger partial charge in [-0.1, -0.05) is 12.1 Å². The molecule has 31 heavy (non-hydrogen) atoms. The lowest BCUT2D eigenvalue weighted by Gasteiger charge is -2.27. The summed E-state index contributed by atoms with van der Waals surface area (Å²) in [5.41, 5.74) is 2.59. The number of aromatic nitrogens is 2. The number of carbonyl (C=O) groups is 1. The van der Waals surface area contributed by atoms with E-state index >= 15 is 0 Å². The number of nitrogens with one attached hydrogen (secondary N) is 1. The van der Waals surface area contributed by atoms with Crippen LogP contribution in [0, 0.1) is 0 Å². The highest BCUT2D eigenvalue weighted by Crippen LogP contribution is 2.29. The van der Waals surface area contributed by atoms with E-state index in [1.54, 1.807) is 44.6 Å². The molecule has 0 spiro atoms. The number of methoxy groups -OCH3 is 2. The van der Waals surface area contributed by atoms with Crippen LogP contribution in [0.5, 0.6) is 11.5 Å². The molecular formula is C23H24N4O4. The van der Waals surface area contributed by atoms with Crippen LogP contribution >= 0.6 is 0 Å². The second-order valence-corrected chi connectivity index (χ2v) is 6.98. The quantitative estimate of drug-likeness (QED) is 0.655. The Balaban J connectivity index is 1.51. The van der Waals surface area contributed by atoms with Crippen molar-refractivity contribution in [2.45, 2.75) is 0 Å². The first-order chi connectivity index (χ1) is 15.2. The lowest BCUT2D eigenvalue weighted by Crippen LogP contribution is -2.36. The van der Waals surface area contributed by atoms with Crippen LogP contribution in [0.25, 0.3) is 11.3 Å². The molecule has 0 radical (unpaired) electrons. The minimum atomic E-state index is -0.247.